The first-order valence-electron chi connectivity index (χ1n) is 4.84. The topological polar surface area (TPSA) is 50.9 Å². The fourth-order valence-electron chi connectivity index (χ4n) is 1.14. The molecular formula is C10H16BrN3. The molecule has 0 fully saturated rings. The van der Waals surface area contributed by atoms with Gasteiger partial charge < -0.3 is 11.1 Å². The van der Waals surface area contributed by atoms with Gasteiger partial charge in [-0.2, -0.15) is 0 Å². The van der Waals surface area contributed by atoms with E-state index in [0.717, 1.165) is 37.1 Å². The highest BCUT2D eigenvalue weighted by atomic mass is 79.9. The summed E-state index contributed by atoms with van der Waals surface area (Å²) >= 11 is 3.30. The minimum atomic E-state index is 0.779. The van der Waals surface area contributed by atoms with Crippen LogP contribution in [0.15, 0.2) is 22.9 Å². The fourth-order valence-corrected chi connectivity index (χ4v) is 1.37. The van der Waals surface area contributed by atoms with Crippen LogP contribution < -0.4 is 11.1 Å². The van der Waals surface area contributed by atoms with E-state index in [1.165, 1.54) is 5.56 Å². The van der Waals surface area contributed by atoms with Crippen LogP contribution in [0.3, 0.4) is 0 Å². The lowest BCUT2D eigenvalue weighted by atomic mass is 10.2. The molecule has 0 atom stereocenters. The van der Waals surface area contributed by atoms with Gasteiger partial charge >= 0.3 is 0 Å². The van der Waals surface area contributed by atoms with E-state index < -0.39 is 0 Å². The van der Waals surface area contributed by atoms with Crippen molar-refractivity contribution < 1.29 is 0 Å². The van der Waals surface area contributed by atoms with Gasteiger partial charge in [0.15, 0.2) is 0 Å². The molecule has 0 aliphatic carbocycles. The molecule has 4 heteroatoms. The molecule has 0 unspecified atom stereocenters. The zero-order valence-corrected chi connectivity index (χ0v) is 9.76. The van der Waals surface area contributed by atoms with E-state index in [4.69, 9.17) is 5.73 Å². The lowest BCUT2D eigenvalue weighted by Gasteiger charge is -2.03. The van der Waals surface area contributed by atoms with Crippen LogP contribution in [0.25, 0.3) is 0 Å². The average molecular weight is 258 g/mol. The molecule has 0 aromatic carbocycles. The summed E-state index contributed by atoms with van der Waals surface area (Å²) in [5.74, 6) is 0. The van der Waals surface area contributed by atoms with Crippen molar-refractivity contribution in [2.45, 2.75) is 19.4 Å². The Morgan fingerprint density at radius 2 is 2.21 bits per heavy atom. The molecule has 1 heterocycles. The maximum absolute atomic E-state index is 5.40. The molecule has 0 aliphatic rings. The first kappa shape index (κ1) is 11.6. The summed E-state index contributed by atoms with van der Waals surface area (Å²) in [6.07, 6.45) is 4.10. The third-order valence-corrected chi connectivity index (χ3v) is 2.39. The normalized spacial score (nSPS) is 10.4. The molecule has 3 nitrogen and oxygen atoms in total. The minimum absolute atomic E-state index is 0.779. The molecule has 1 rings (SSSR count). The van der Waals surface area contributed by atoms with Gasteiger partial charge in [0, 0.05) is 12.7 Å². The van der Waals surface area contributed by atoms with Gasteiger partial charge in [-0.25, -0.2) is 4.98 Å². The van der Waals surface area contributed by atoms with Crippen molar-refractivity contribution in [2.75, 3.05) is 13.1 Å². The molecule has 0 saturated carbocycles. The zero-order chi connectivity index (χ0) is 10.2. The van der Waals surface area contributed by atoms with Gasteiger partial charge in [0.05, 0.1) is 0 Å². The molecular weight excluding hydrogens is 242 g/mol. The van der Waals surface area contributed by atoms with Gasteiger partial charge in [0.1, 0.15) is 4.60 Å². The summed E-state index contributed by atoms with van der Waals surface area (Å²) in [6, 6.07) is 4.02. The van der Waals surface area contributed by atoms with E-state index >= 15 is 0 Å². The molecule has 1 aromatic rings. The van der Waals surface area contributed by atoms with E-state index in [0.29, 0.717) is 0 Å². The molecule has 1 aromatic heterocycles. The van der Waals surface area contributed by atoms with Crippen LogP contribution in [0.4, 0.5) is 0 Å². The number of hydrogen-bond donors (Lipinski definition) is 2. The standard InChI is InChI=1S/C10H16BrN3/c11-10-4-3-9(8-14-10)7-13-6-2-1-5-12/h3-4,8,13H,1-2,5-7,12H2. The number of rotatable bonds is 6. The van der Waals surface area contributed by atoms with Gasteiger partial charge in [0.2, 0.25) is 0 Å². The van der Waals surface area contributed by atoms with Gasteiger partial charge in [-0.15, -0.1) is 0 Å². The van der Waals surface area contributed by atoms with E-state index in [2.05, 4.69) is 32.3 Å². The summed E-state index contributed by atoms with van der Waals surface area (Å²) in [5, 5.41) is 3.35. The molecule has 78 valence electrons. The number of nitrogens with zero attached hydrogens (tertiary/aromatic N) is 1. The Balaban J connectivity index is 2.15. The molecule has 0 bridgehead atoms. The van der Waals surface area contributed by atoms with Crippen LogP contribution in [0.1, 0.15) is 18.4 Å². The SMILES string of the molecule is NCCCCNCc1ccc(Br)nc1. The fraction of sp³-hybridized carbons (Fsp3) is 0.500. The number of aromatic nitrogens is 1. The Kier molecular flexibility index (Phi) is 5.75. The monoisotopic (exact) mass is 257 g/mol. The highest BCUT2D eigenvalue weighted by molar-refractivity contribution is 9.10. The number of nitrogens with one attached hydrogen (secondary N) is 1. The van der Waals surface area contributed by atoms with Gasteiger partial charge in [0.25, 0.3) is 0 Å². The lowest BCUT2D eigenvalue weighted by molar-refractivity contribution is 0.626. The minimum Gasteiger partial charge on any atom is -0.330 e. The summed E-state index contributed by atoms with van der Waals surface area (Å²) in [6.45, 7) is 2.68. The van der Waals surface area contributed by atoms with Crippen molar-refractivity contribution in [3.63, 3.8) is 0 Å². The summed E-state index contributed by atoms with van der Waals surface area (Å²) in [5.41, 5.74) is 6.60. The Morgan fingerprint density at radius 3 is 2.86 bits per heavy atom. The summed E-state index contributed by atoms with van der Waals surface area (Å²) in [4.78, 5) is 4.15. The number of halogens is 1. The first-order valence-corrected chi connectivity index (χ1v) is 5.63. The third kappa shape index (κ3) is 4.69. The number of hydrogen-bond acceptors (Lipinski definition) is 3. The van der Waals surface area contributed by atoms with Crippen molar-refractivity contribution in [2.24, 2.45) is 5.73 Å². The Labute approximate surface area is 93.2 Å². The van der Waals surface area contributed by atoms with Crippen molar-refractivity contribution in [3.8, 4) is 0 Å². The molecule has 14 heavy (non-hydrogen) atoms. The van der Waals surface area contributed by atoms with Crippen molar-refractivity contribution in [1.29, 1.82) is 0 Å². The molecule has 0 spiro atoms. The highest BCUT2D eigenvalue weighted by Gasteiger charge is 1.93. The number of unbranched alkanes of at least 4 members (excludes halogenated alkanes) is 1. The second-order valence-corrected chi connectivity index (χ2v) is 3.97. The summed E-state index contributed by atoms with van der Waals surface area (Å²) < 4.78 is 0.879. The van der Waals surface area contributed by atoms with Crippen LogP contribution in [0.5, 0.6) is 0 Å². The van der Waals surface area contributed by atoms with Crippen LogP contribution in [0.2, 0.25) is 0 Å². The van der Waals surface area contributed by atoms with Gasteiger partial charge in [-0.05, 0) is 53.5 Å². The molecule has 0 radical (unpaired) electrons. The van der Waals surface area contributed by atoms with Crippen LogP contribution >= 0.6 is 15.9 Å². The predicted molar refractivity (Wildman–Crippen MR) is 61.9 cm³/mol. The Morgan fingerprint density at radius 1 is 1.36 bits per heavy atom. The van der Waals surface area contributed by atoms with Crippen molar-refractivity contribution in [1.82, 2.24) is 10.3 Å². The van der Waals surface area contributed by atoms with E-state index in [1.54, 1.807) is 0 Å². The Bertz CT molecular complexity index is 248. The van der Waals surface area contributed by atoms with Gasteiger partial charge in [-0.1, -0.05) is 6.07 Å². The molecule has 0 amide bonds. The first-order chi connectivity index (χ1) is 6.83. The maximum Gasteiger partial charge on any atom is 0.106 e. The maximum atomic E-state index is 5.40. The van der Waals surface area contributed by atoms with E-state index in [-0.39, 0.29) is 0 Å². The van der Waals surface area contributed by atoms with Crippen LogP contribution in [0, 0.1) is 0 Å². The quantitative estimate of drug-likeness (QED) is 0.603. The molecule has 0 saturated heterocycles. The Hall–Kier alpha value is -0.450. The van der Waals surface area contributed by atoms with Gasteiger partial charge in [-0.3, -0.25) is 0 Å². The second kappa shape index (κ2) is 6.92. The lowest BCUT2D eigenvalue weighted by Crippen LogP contribution is -2.15. The number of pyridine rings is 1. The zero-order valence-electron chi connectivity index (χ0n) is 8.17. The van der Waals surface area contributed by atoms with Crippen molar-refractivity contribution >= 4 is 15.9 Å². The van der Waals surface area contributed by atoms with Crippen LogP contribution in [-0.2, 0) is 6.54 Å². The highest BCUT2D eigenvalue weighted by Crippen LogP contribution is 2.05. The van der Waals surface area contributed by atoms with E-state index in [9.17, 15) is 0 Å². The predicted octanol–water partition coefficient (Wildman–Crippen LogP) is 1.67. The van der Waals surface area contributed by atoms with Crippen molar-refractivity contribution in [3.05, 3.63) is 28.5 Å². The third-order valence-electron chi connectivity index (χ3n) is 1.93. The largest absolute Gasteiger partial charge is 0.330 e. The molecule has 0 aliphatic heterocycles. The second-order valence-electron chi connectivity index (χ2n) is 3.16. The molecule has 3 N–H and O–H groups in total. The number of nitrogens with two attached hydrogens (primary N) is 1. The van der Waals surface area contributed by atoms with E-state index in [1.807, 2.05) is 12.3 Å². The average Bonchev–Trinajstić information content (AvgIpc) is 2.21. The van der Waals surface area contributed by atoms with Crippen LogP contribution in [-0.4, -0.2) is 18.1 Å². The summed E-state index contributed by atoms with van der Waals surface area (Å²) in [7, 11) is 0. The smallest absolute Gasteiger partial charge is 0.106 e.